The van der Waals surface area contributed by atoms with Gasteiger partial charge in [0.1, 0.15) is 16.4 Å². The monoisotopic (exact) mass is 304 g/mol. The van der Waals surface area contributed by atoms with Crippen molar-refractivity contribution in [1.29, 1.82) is 0 Å². The number of rotatable bonds is 5. The van der Waals surface area contributed by atoms with Gasteiger partial charge in [-0.1, -0.05) is 13.8 Å². The van der Waals surface area contributed by atoms with E-state index < -0.39 is 32.2 Å². The number of benzene rings is 1. The largest absolute Gasteiger partial charge is 0.394 e. The van der Waals surface area contributed by atoms with Gasteiger partial charge in [0.15, 0.2) is 5.82 Å². The average Bonchev–Trinajstić information content (AvgIpc) is 3.16. The molecule has 2 rings (SSSR count). The predicted octanol–water partition coefficient (Wildman–Crippen LogP) is 2.36. The third-order valence-corrected chi connectivity index (χ3v) is 5.11. The summed E-state index contributed by atoms with van der Waals surface area (Å²) in [5.41, 5.74) is 4.48. The third kappa shape index (κ3) is 2.78. The number of sulfonamides is 1. The Morgan fingerprint density at radius 1 is 1.35 bits per heavy atom. The summed E-state index contributed by atoms with van der Waals surface area (Å²) in [6.07, 6.45) is 1.54. The summed E-state index contributed by atoms with van der Waals surface area (Å²) >= 11 is 0. The van der Waals surface area contributed by atoms with Crippen molar-refractivity contribution in [3.63, 3.8) is 0 Å². The summed E-state index contributed by atoms with van der Waals surface area (Å²) in [4.78, 5) is -0.552. The van der Waals surface area contributed by atoms with Crippen LogP contribution in [0.25, 0.3) is 0 Å². The Labute approximate surface area is 117 Å². The highest BCUT2D eigenvalue weighted by Gasteiger charge is 2.39. The Kier molecular flexibility index (Phi) is 4.02. The van der Waals surface area contributed by atoms with E-state index in [4.69, 9.17) is 5.73 Å². The smallest absolute Gasteiger partial charge is 0.246 e. The Morgan fingerprint density at radius 2 is 1.95 bits per heavy atom. The zero-order chi connectivity index (χ0) is 15.1. The van der Waals surface area contributed by atoms with Gasteiger partial charge in [-0.3, -0.25) is 0 Å². The van der Waals surface area contributed by atoms with Crippen molar-refractivity contribution >= 4 is 15.7 Å². The van der Waals surface area contributed by atoms with Gasteiger partial charge in [0, 0.05) is 12.6 Å². The standard InChI is InChI=1S/C13H18F2N2O2S/c1-8(2)7-17(9-3-4-9)20(18,19)11-6-5-10(14)13(16)12(11)15/h5-6,8-9H,3-4,7,16H2,1-2H3. The van der Waals surface area contributed by atoms with Crippen molar-refractivity contribution in [3.05, 3.63) is 23.8 Å². The summed E-state index contributed by atoms with van der Waals surface area (Å²) < 4.78 is 53.5. The predicted molar refractivity (Wildman–Crippen MR) is 72.5 cm³/mol. The van der Waals surface area contributed by atoms with Crippen LogP contribution in [0.4, 0.5) is 14.5 Å². The maximum Gasteiger partial charge on any atom is 0.246 e. The Bertz CT molecular complexity index is 613. The Morgan fingerprint density at radius 3 is 2.45 bits per heavy atom. The molecule has 0 bridgehead atoms. The fourth-order valence-corrected chi connectivity index (χ4v) is 3.97. The molecule has 0 aromatic heterocycles. The van der Waals surface area contributed by atoms with Crippen LogP contribution in [0.3, 0.4) is 0 Å². The highest BCUT2D eigenvalue weighted by Crippen LogP contribution is 2.34. The van der Waals surface area contributed by atoms with Crippen LogP contribution < -0.4 is 5.73 Å². The van der Waals surface area contributed by atoms with E-state index in [0.29, 0.717) is 6.54 Å². The van der Waals surface area contributed by atoms with Crippen LogP contribution in [0, 0.1) is 17.6 Å². The molecule has 20 heavy (non-hydrogen) atoms. The third-order valence-electron chi connectivity index (χ3n) is 3.18. The minimum Gasteiger partial charge on any atom is -0.394 e. The molecule has 0 spiro atoms. The summed E-state index contributed by atoms with van der Waals surface area (Å²) in [5, 5.41) is 0. The van der Waals surface area contributed by atoms with Crippen molar-refractivity contribution in [2.24, 2.45) is 5.92 Å². The minimum atomic E-state index is -3.99. The van der Waals surface area contributed by atoms with Gasteiger partial charge in [-0.2, -0.15) is 4.31 Å². The topological polar surface area (TPSA) is 63.4 Å². The molecule has 7 heteroatoms. The van der Waals surface area contributed by atoms with E-state index in [9.17, 15) is 17.2 Å². The van der Waals surface area contributed by atoms with Crippen LogP contribution in [0.2, 0.25) is 0 Å². The molecule has 1 aromatic carbocycles. The molecule has 1 aliphatic rings. The van der Waals surface area contributed by atoms with Gasteiger partial charge in [-0.25, -0.2) is 17.2 Å². The summed E-state index contributed by atoms with van der Waals surface area (Å²) in [6.45, 7) is 4.09. The van der Waals surface area contributed by atoms with Crippen LogP contribution in [0.5, 0.6) is 0 Å². The molecule has 4 nitrogen and oxygen atoms in total. The van der Waals surface area contributed by atoms with Crippen LogP contribution in [0.1, 0.15) is 26.7 Å². The van der Waals surface area contributed by atoms with E-state index in [-0.39, 0.29) is 12.0 Å². The number of nitrogens with zero attached hydrogens (tertiary/aromatic N) is 1. The molecule has 0 heterocycles. The zero-order valence-electron chi connectivity index (χ0n) is 11.4. The molecule has 0 saturated heterocycles. The highest BCUT2D eigenvalue weighted by molar-refractivity contribution is 7.89. The summed E-state index contributed by atoms with van der Waals surface area (Å²) in [5.74, 6) is -2.05. The Hall–Kier alpha value is -1.21. The number of hydrogen-bond donors (Lipinski definition) is 1. The van der Waals surface area contributed by atoms with Gasteiger partial charge < -0.3 is 5.73 Å². The minimum absolute atomic E-state index is 0.0897. The van der Waals surface area contributed by atoms with Crippen molar-refractivity contribution in [3.8, 4) is 0 Å². The van der Waals surface area contributed by atoms with E-state index in [1.165, 1.54) is 4.31 Å². The zero-order valence-corrected chi connectivity index (χ0v) is 12.3. The molecule has 2 N–H and O–H groups in total. The van der Waals surface area contributed by atoms with Gasteiger partial charge in [0.25, 0.3) is 0 Å². The van der Waals surface area contributed by atoms with Gasteiger partial charge in [-0.15, -0.1) is 0 Å². The van der Waals surface area contributed by atoms with Crippen LogP contribution >= 0.6 is 0 Å². The SMILES string of the molecule is CC(C)CN(C1CC1)S(=O)(=O)c1ccc(F)c(N)c1F. The van der Waals surface area contributed by atoms with E-state index in [1.807, 2.05) is 13.8 Å². The fourth-order valence-electron chi connectivity index (χ4n) is 2.04. The first-order valence-electron chi connectivity index (χ1n) is 6.50. The molecule has 1 saturated carbocycles. The van der Waals surface area contributed by atoms with Crippen molar-refractivity contribution in [1.82, 2.24) is 4.31 Å². The molecule has 0 aliphatic heterocycles. The lowest BCUT2D eigenvalue weighted by atomic mass is 10.2. The number of halogens is 2. The maximum absolute atomic E-state index is 14.0. The number of nitrogen functional groups attached to an aromatic ring is 1. The highest BCUT2D eigenvalue weighted by atomic mass is 32.2. The number of hydrogen-bond acceptors (Lipinski definition) is 3. The molecule has 0 unspecified atom stereocenters. The normalized spacial score (nSPS) is 16.1. The van der Waals surface area contributed by atoms with E-state index in [1.54, 1.807) is 0 Å². The van der Waals surface area contributed by atoms with E-state index in [0.717, 1.165) is 25.0 Å². The summed E-state index contributed by atoms with van der Waals surface area (Å²) in [7, 11) is -3.99. The van der Waals surface area contributed by atoms with E-state index >= 15 is 0 Å². The molecular weight excluding hydrogens is 286 g/mol. The first-order valence-corrected chi connectivity index (χ1v) is 7.94. The van der Waals surface area contributed by atoms with Gasteiger partial charge in [-0.05, 0) is 30.9 Å². The molecule has 0 atom stereocenters. The molecule has 0 radical (unpaired) electrons. The van der Waals surface area contributed by atoms with Crippen molar-refractivity contribution in [2.75, 3.05) is 12.3 Å². The molecule has 0 amide bonds. The first-order chi connectivity index (χ1) is 9.25. The molecule has 112 valence electrons. The second-order valence-electron chi connectivity index (χ2n) is 5.47. The lowest BCUT2D eigenvalue weighted by Gasteiger charge is -2.24. The first kappa shape index (κ1) is 15.2. The lowest BCUT2D eigenvalue weighted by Crippen LogP contribution is -2.36. The van der Waals surface area contributed by atoms with Gasteiger partial charge in [0.05, 0.1) is 0 Å². The van der Waals surface area contributed by atoms with Crippen molar-refractivity contribution < 1.29 is 17.2 Å². The fraction of sp³-hybridized carbons (Fsp3) is 0.538. The van der Waals surface area contributed by atoms with Gasteiger partial charge >= 0.3 is 0 Å². The van der Waals surface area contributed by atoms with Crippen molar-refractivity contribution in [2.45, 2.75) is 37.6 Å². The maximum atomic E-state index is 14.0. The van der Waals surface area contributed by atoms with Gasteiger partial charge in [0.2, 0.25) is 10.0 Å². The number of anilines is 1. The average molecular weight is 304 g/mol. The van der Waals surface area contributed by atoms with E-state index in [2.05, 4.69) is 0 Å². The number of nitrogens with two attached hydrogens (primary N) is 1. The van der Waals surface area contributed by atoms with Crippen LogP contribution in [-0.4, -0.2) is 25.3 Å². The quantitative estimate of drug-likeness (QED) is 0.849. The van der Waals surface area contributed by atoms with Crippen LogP contribution in [0.15, 0.2) is 17.0 Å². The van der Waals surface area contributed by atoms with Crippen LogP contribution in [-0.2, 0) is 10.0 Å². The molecular formula is C13H18F2N2O2S. The Balaban J connectivity index is 2.45. The second kappa shape index (κ2) is 5.29. The molecule has 1 aromatic rings. The molecule has 1 aliphatic carbocycles. The summed E-state index contributed by atoms with van der Waals surface area (Å²) in [6, 6.07) is 1.73. The lowest BCUT2D eigenvalue weighted by molar-refractivity contribution is 0.358. The molecule has 1 fully saturated rings. The second-order valence-corrected chi connectivity index (χ2v) is 7.33.